The Morgan fingerprint density at radius 3 is 2.20 bits per heavy atom. The van der Waals surface area contributed by atoms with Gasteiger partial charge in [-0.05, 0) is 18.8 Å². The van der Waals surface area contributed by atoms with Crippen LogP contribution in [0.25, 0.3) is 0 Å². The summed E-state index contributed by atoms with van der Waals surface area (Å²) in [6, 6.07) is 0.764. The van der Waals surface area contributed by atoms with Gasteiger partial charge in [0.2, 0.25) is 0 Å². The lowest BCUT2D eigenvalue weighted by molar-refractivity contribution is 0.314. The van der Waals surface area contributed by atoms with Crippen molar-refractivity contribution in [2.24, 2.45) is 11.8 Å². The average Bonchev–Trinajstić information content (AvgIpc) is 2.69. The topological polar surface area (TPSA) is 29.0 Å². The highest BCUT2D eigenvalue weighted by molar-refractivity contribution is 4.91. The Hall–Kier alpha value is -0.0800. The first-order chi connectivity index (χ1) is 4.88. The second kappa shape index (κ2) is 2.51. The van der Waals surface area contributed by atoms with Crippen molar-refractivity contribution in [3.05, 3.63) is 0 Å². The molecule has 1 aliphatic heterocycles. The fourth-order valence-corrected chi connectivity index (χ4v) is 2.11. The molecule has 0 spiro atoms. The Morgan fingerprint density at radius 1 is 1.10 bits per heavy atom. The summed E-state index contributed by atoms with van der Waals surface area (Å²) in [5, 5.41) is 1.98. The third-order valence-electron chi connectivity index (χ3n) is 2.88. The Kier molecular flexibility index (Phi) is 1.66. The van der Waals surface area contributed by atoms with Crippen LogP contribution in [-0.4, -0.2) is 17.6 Å². The molecule has 2 nitrogen and oxygen atoms in total. The molecule has 2 atom stereocenters. The van der Waals surface area contributed by atoms with Gasteiger partial charge in [0.1, 0.15) is 0 Å². The molecule has 2 heteroatoms. The van der Waals surface area contributed by atoms with Crippen LogP contribution in [0.4, 0.5) is 0 Å². The zero-order valence-electron chi connectivity index (χ0n) is 6.42. The summed E-state index contributed by atoms with van der Waals surface area (Å²) >= 11 is 0. The molecule has 1 saturated heterocycles. The molecule has 1 heterocycles. The number of nitrogens with zero attached hydrogens (tertiary/aromatic N) is 1. The highest BCUT2D eigenvalue weighted by Gasteiger charge is 2.38. The molecule has 1 aliphatic carbocycles. The minimum Gasteiger partial charge on any atom is -0.268 e. The van der Waals surface area contributed by atoms with E-state index >= 15 is 0 Å². The lowest BCUT2D eigenvalue weighted by Gasteiger charge is -2.20. The van der Waals surface area contributed by atoms with Crippen LogP contribution >= 0.6 is 0 Å². The first kappa shape index (κ1) is 6.62. The monoisotopic (exact) mass is 140 g/mol. The van der Waals surface area contributed by atoms with Gasteiger partial charge < -0.3 is 0 Å². The van der Waals surface area contributed by atoms with Crippen molar-refractivity contribution in [1.29, 1.82) is 0 Å². The van der Waals surface area contributed by atoms with Gasteiger partial charge in [0, 0.05) is 12.6 Å². The SMILES string of the molecule is NN1CC1C1CCCCC1. The summed E-state index contributed by atoms with van der Waals surface area (Å²) in [7, 11) is 0. The van der Waals surface area contributed by atoms with Crippen LogP contribution in [0, 0.1) is 5.92 Å². The van der Waals surface area contributed by atoms with E-state index in [2.05, 4.69) is 0 Å². The maximum Gasteiger partial charge on any atom is 0.0411 e. The second-order valence-electron chi connectivity index (χ2n) is 3.66. The standard InChI is InChI=1S/C8H16N2/c9-10-6-8(10)7-4-2-1-3-5-7/h7-8H,1-6,9H2. The lowest BCUT2D eigenvalue weighted by Crippen LogP contribution is -2.19. The molecule has 0 aromatic heterocycles. The molecule has 2 aliphatic rings. The van der Waals surface area contributed by atoms with E-state index in [4.69, 9.17) is 5.84 Å². The first-order valence-electron chi connectivity index (χ1n) is 4.39. The van der Waals surface area contributed by atoms with Crippen LogP contribution in [0.15, 0.2) is 0 Å². The maximum absolute atomic E-state index is 5.63. The molecular weight excluding hydrogens is 124 g/mol. The molecule has 0 aromatic rings. The second-order valence-corrected chi connectivity index (χ2v) is 3.66. The molecule has 1 saturated carbocycles. The summed E-state index contributed by atoms with van der Waals surface area (Å²) in [6.45, 7) is 1.16. The molecule has 2 N–H and O–H groups in total. The lowest BCUT2D eigenvalue weighted by atomic mass is 9.87. The predicted molar refractivity (Wildman–Crippen MR) is 41.3 cm³/mol. The van der Waals surface area contributed by atoms with Crippen molar-refractivity contribution in [3.8, 4) is 0 Å². The summed E-state index contributed by atoms with van der Waals surface area (Å²) in [5.74, 6) is 6.57. The van der Waals surface area contributed by atoms with Crippen LogP contribution in [0.3, 0.4) is 0 Å². The van der Waals surface area contributed by atoms with Gasteiger partial charge in [-0.25, -0.2) is 5.01 Å². The Labute approximate surface area is 62.4 Å². The fourth-order valence-electron chi connectivity index (χ4n) is 2.11. The van der Waals surface area contributed by atoms with Crippen molar-refractivity contribution >= 4 is 0 Å². The van der Waals surface area contributed by atoms with E-state index < -0.39 is 0 Å². The minimum absolute atomic E-state index is 0.764. The summed E-state index contributed by atoms with van der Waals surface area (Å²) in [6.07, 6.45) is 7.19. The van der Waals surface area contributed by atoms with Gasteiger partial charge in [-0.3, -0.25) is 5.84 Å². The molecule has 0 amide bonds. The molecule has 0 bridgehead atoms. The summed E-state index contributed by atoms with van der Waals surface area (Å²) in [5.41, 5.74) is 0. The van der Waals surface area contributed by atoms with E-state index in [1.54, 1.807) is 0 Å². The number of nitrogens with two attached hydrogens (primary N) is 1. The van der Waals surface area contributed by atoms with Crippen molar-refractivity contribution in [2.45, 2.75) is 38.1 Å². The number of rotatable bonds is 1. The molecule has 2 fully saturated rings. The van der Waals surface area contributed by atoms with E-state index in [0.29, 0.717) is 0 Å². The van der Waals surface area contributed by atoms with Gasteiger partial charge in [0.15, 0.2) is 0 Å². The molecule has 2 rings (SSSR count). The van der Waals surface area contributed by atoms with Crippen molar-refractivity contribution in [1.82, 2.24) is 5.01 Å². The number of hydrogen-bond donors (Lipinski definition) is 1. The normalized spacial score (nSPS) is 41.7. The quantitative estimate of drug-likeness (QED) is 0.437. The maximum atomic E-state index is 5.63. The van der Waals surface area contributed by atoms with Gasteiger partial charge in [0.05, 0.1) is 0 Å². The highest BCUT2D eigenvalue weighted by atomic mass is 15.5. The molecule has 0 radical (unpaired) electrons. The Balaban J connectivity index is 1.81. The third-order valence-corrected chi connectivity index (χ3v) is 2.88. The number of hydrogen-bond acceptors (Lipinski definition) is 2. The fraction of sp³-hybridized carbons (Fsp3) is 1.00. The Morgan fingerprint density at radius 2 is 1.70 bits per heavy atom. The first-order valence-corrected chi connectivity index (χ1v) is 4.39. The number of hydrazine groups is 1. The predicted octanol–water partition coefficient (Wildman–Crippen LogP) is 1.12. The molecule has 0 aromatic carbocycles. The summed E-state index contributed by atoms with van der Waals surface area (Å²) < 4.78 is 0. The Bertz CT molecular complexity index is 118. The van der Waals surface area contributed by atoms with Crippen LogP contribution < -0.4 is 5.84 Å². The van der Waals surface area contributed by atoms with E-state index in [-0.39, 0.29) is 0 Å². The van der Waals surface area contributed by atoms with Gasteiger partial charge >= 0.3 is 0 Å². The van der Waals surface area contributed by atoms with Crippen molar-refractivity contribution in [3.63, 3.8) is 0 Å². The van der Waals surface area contributed by atoms with E-state index in [9.17, 15) is 0 Å². The zero-order chi connectivity index (χ0) is 6.97. The zero-order valence-corrected chi connectivity index (χ0v) is 6.42. The highest BCUT2D eigenvalue weighted by Crippen LogP contribution is 2.33. The molecule has 58 valence electrons. The van der Waals surface area contributed by atoms with E-state index in [0.717, 1.165) is 18.5 Å². The van der Waals surface area contributed by atoms with Crippen molar-refractivity contribution < 1.29 is 0 Å². The molecule has 10 heavy (non-hydrogen) atoms. The van der Waals surface area contributed by atoms with Crippen LogP contribution in [0.2, 0.25) is 0 Å². The third kappa shape index (κ3) is 1.18. The van der Waals surface area contributed by atoms with E-state index in [1.807, 2.05) is 5.01 Å². The average molecular weight is 140 g/mol. The van der Waals surface area contributed by atoms with Crippen LogP contribution in [0.5, 0.6) is 0 Å². The van der Waals surface area contributed by atoms with Crippen LogP contribution in [0.1, 0.15) is 32.1 Å². The van der Waals surface area contributed by atoms with E-state index in [1.165, 1.54) is 32.1 Å². The van der Waals surface area contributed by atoms with Crippen molar-refractivity contribution in [2.75, 3.05) is 6.54 Å². The van der Waals surface area contributed by atoms with Crippen LogP contribution in [-0.2, 0) is 0 Å². The largest absolute Gasteiger partial charge is 0.268 e. The smallest absolute Gasteiger partial charge is 0.0411 e. The van der Waals surface area contributed by atoms with Gasteiger partial charge in [-0.2, -0.15) is 0 Å². The van der Waals surface area contributed by atoms with Gasteiger partial charge in [-0.1, -0.05) is 19.3 Å². The van der Waals surface area contributed by atoms with Gasteiger partial charge in [-0.15, -0.1) is 0 Å². The molecular formula is C8H16N2. The minimum atomic E-state index is 0.764. The summed E-state index contributed by atoms with van der Waals surface area (Å²) in [4.78, 5) is 0. The molecule has 2 unspecified atom stereocenters. The van der Waals surface area contributed by atoms with Gasteiger partial charge in [0.25, 0.3) is 0 Å².